The Bertz CT molecular complexity index is 912. The van der Waals surface area contributed by atoms with Gasteiger partial charge in [-0.3, -0.25) is 4.90 Å². The fraction of sp³-hybridized carbons (Fsp3) is 0.476. The molecular formula is C21H25BrN2O5. The number of likely N-dealkylation sites (tertiary alicyclic amines) is 1. The molecule has 0 bridgehead atoms. The standard InChI is InChI=1S/C21H25BrN2O5/c1-5-27-19(25)17-11-15(12-24(17)20(26)29-21(2,3)4)28-18-16-10-14(22)7-6-13(16)8-9-23-18/h6-10,15,17H,5,11-12H2,1-4H3/t15-,17-/m1/s1. The maximum atomic E-state index is 12.7. The first-order valence-electron chi connectivity index (χ1n) is 9.55. The number of hydrogen-bond acceptors (Lipinski definition) is 6. The van der Waals surface area contributed by atoms with Crippen LogP contribution in [-0.2, 0) is 14.3 Å². The van der Waals surface area contributed by atoms with Gasteiger partial charge in [0.15, 0.2) is 0 Å². The number of halogens is 1. The molecule has 1 aromatic carbocycles. The van der Waals surface area contributed by atoms with Crippen LogP contribution in [0, 0.1) is 0 Å². The summed E-state index contributed by atoms with van der Waals surface area (Å²) in [6.07, 6.45) is 1.02. The summed E-state index contributed by atoms with van der Waals surface area (Å²) in [6, 6.07) is 7.00. The summed E-state index contributed by atoms with van der Waals surface area (Å²) < 4.78 is 17.7. The third kappa shape index (κ3) is 5.18. The Kier molecular flexibility index (Phi) is 6.31. The van der Waals surface area contributed by atoms with Gasteiger partial charge >= 0.3 is 12.1 Å². The van der Waals surface area contributed by atoms with Gasteiger partial charge in [0, 0.05) is 22.5 Å². The summed E-state index contributed by atoms with van der Waals surface area (Å²) in [5.74, 6) is 0.000491. The van der Waals surface area contributed by atoms with Crippen molar-refractivity contribution in [1.82, 2.24) is 9.88 Å². The minimum absolute atomic E-state index is 0.213. The molecule has 8 heteroatoms. The highest BCUT2D eigenvalue weighted by atomic mass is 79.9. The number of nitrogens with zero attached hydrogens (tertiary/aromatic N) is 2. The van der Waals surface area contributed by atoms with Crippen LogP contribution in [0.1, 0.15) is 34.1 Å². The maximum absolute atomic E-state index is 12.7. The van der Waals surface area contributed by atoms with E-state index in [1.165, 1.54) is 4.90 Å². The highest BCUT2D eigenvalue weighted by molar-refractivity contribution is 9.10. The predicted octanol–water partition coefficient (Wildman–Crippen LogP) is 4.32. The third-order valence-electron chi connectivity index (χ3n) is 4.42. The molecule has 2 aromatic rings. The van der Waals surface area contributed by atoms with Gasteiger partial charge < -0.3 is 14.2 Å². The van der Waals surface area contributed by atoms with Crippen molar-refractivity contribution in [3.63, 3.8) is 0 Å². The normalized spacial score (nSPS) is 19.3. The summed E-state index contributed by atoms with van der Waals surface area (Å²) in [6.45, 7) is 7.54. The van der Waals surface area contributed by atoms with Gasteiger partial charge in [-0.2, -0.15) is 0 Å². The van der Waals surface area contributed by atoms with Gasteiger partial charge in [0.1, 0.15) is 17.7 Å². The summed E-state index contributed by atoms with van der Waals surface area (Å²) >= 11 is 3.47. The summed E-state index contributed by atoms with van der Waals surface area (Å²) in [4.78, 5) is 30.8. The first-order chi connectivity index (χ1) is 13.7. The van der Waals surface area contributed by atoms with Crippen molar-refractivity contribution in [1.29, 1.82) is 0 Å². The molecule has 1 amide bonds. The molecule has 0 unspecified atom stereocenters. The lowest BCUT2D eigenvalue weighted by Crippen LogP contribution is -2.44. The second-order valence-electron chi connectivity index (χ2n) is 7.86. The van der Waals surface area contributed by atoms with Crippen LogP contribution in [0.2, 0.25) is 0 Å². The Labute approximate surface area is 178 Å². The largest absolute Gasteiger partial charge is 0.472 e. The lowest BCUT2D eigenvalue weighted by Gasteiger charge is -2.27. The number of pyridine rings is 1. The first kappa shape index (κ1) is 21.4. The van der Waals surface area contributed by atoms with E-state index in [9.17, 15) is 9.59 Å². The number of carbonyl (C=O) groups excluding carboxylic acids is 2. The number of rotatable bonds is 4. The molecule has 1 aliphatic rings. The third-order valence-corrected chi connectivity index (χ3v) is 4.91. The molecule has 29 heavy (non-hydrogen) atoms. The van der Waals surface area contributed by atoms with Crippen LogP contribution in [0.15, 0.2) is 34.9 Å². The summed E-state index contributed by atoms with van der Waals surface area (Å²) in [7, 11) is 0. The van der Waals surface area contributed by atoms with E-state index in [1.807, 2.05) is 24.3 Å². The van der Waals surface area contributed by atoms with Crippen LogP contribution in [0.4, 0.5) is 4.79 Å². The Morgan fingerprint density at radius 1 is 1.28 bits per heavy atom. The molecule has 7 nitrogen and oxygen atoms in total. The molecule has 0 aliphatic carbocycles. The molecule has 1 fully saturated rings. The minimum atomic E-state index is -0.753. The average molecular weight is 465 g/mol. The average Bonchev–Trinajstić information content (AvgIpc) is 3.05. The van der Waals surface area contributed by atoms with Gasteiger partial charge in [0.25, 0.3) is 0 Å². The highest BCUT2D eigenvalue weighted by Crippen LogP contribution is 2.30. The van der Waals surface area contributed by atoms with E-state index >= 15 is 0 Å². The smallest absolute Gasteiger partial charge is 0.411 e. The van der Waals surface area contributed by atoms with Crippen molar-refractivity contribution >= 4 is 38.8 Å². The molecule has 3 rings (SSSR count). The lowest BCUT2D eigenvalue weighted by atomic mass is 10.1. The Balaban J connectivity index is 1.83. The van der Waals surface area contributed by atoms with Gasteiger partial charge in [-0.15, -0.1) is 0 Å². The second kappa shape index (κ2) is 8.57. The van der Waals surface area contributed by atoms with E-state index in [-0.39, 0.29) is 13.2 Å². The van der Waals surface area contributed by atoms with E-state index in [0.29, 0.717) is 12.3 Å². The number of carbonyl (C=O) groups is 2. The van der Waals surface area contributed by atoms with Crippen LogP contribution >= 0.6 is 15.9 Å². The molecule has 0 N–H and O–H groups in total. The van der Waals surface area contributed by atoms with Crippen LogP contribution in [0.5, 0.6) is 5.88 Å². The van der Waals surface area contributed by atoms with E-state index in [4.69, 9.17) is 14.2 Å². The summed E-state index contributed by atoms with van der Waals surface area (Å²) in [5.41, 5.74) is -0.668. The second-order valence-corrected chi connectivity index (χ2v) is 8.77. The van der Waals surface area contributed by atoms with Crippen molar-refractivity contribution < 1.29 is 23.8 Å². The number of hydrogen-bond donors (Lipinski definition) is 0. The fourth-order valence-electron chi connectivity index (χ4n) is 3.23. The summed E-state index contributed by atoms with van der Waals surface area (Å²) in [5, 5.41) is 1.84. The van der Waals surface area contributed by atoms with Crippen molar-refractivity contribution in [2.45, 2.75) is 51.9 Å². The molecule has 1 aliphatic heterocycles. The topological polar surface area (TPSA) is 78.0 Å². The molecule has 2 heterocycles. The number of esters is 1. The minimum Gasteiger partial charge on any atom is -0.472 e. The van der Waals surface area contributed by atoms with E-state index in [2.05, 4.69) is 20.9 Å². The first-order valence-corrected chi connectivity index (χ1v) is 10.3. The molecule has 2 atom stereocenters. The Morgan fingerprint density at radius 2 is 2.03 bits per heavy atom. The number of fused-ring (bicyclic) bond motifs is 1. The molecule has 0 spiro atoms. The predicted molar refractivity (Wildman–Crippen MR) is 112 cm³/mol. The molecule has 1 saturated heterocycles. The molecule has 156 valence electrons. The number of benzene rings is 1. The quantitative estimate of drug-likeness (QED) is 0.626. The van der Waals surface area contributed by atoms with Crippen molar-refractivity contribution in [3.05, 3.63) is 34.9 Å². The van der Waals surface area contributed by atoms with Gasteiger partial charge in [-0.05, 0) is 51.3 Å². The monoisotopic (exact) mass is 464 g/mol. The van der Waals surface area contributed by atoms with Crippen LogP contribution in [0.25, 0.3) is 10.8 Å². The Hall–Kier alpha value is -2.35. The number of amides is 1. The van der Waals surface area contributed by atoms with Crippen molar-refractivity contribution in [2.24, 2.45) is 0 Å². The van der Waals surface area contributed by atoms with Gasteiger partial charge in [0.2, 0.25) is 5.88 Å². The van der Waals surface area contributed by atoms with Crippen LogP contribution < -0.4 is 4.74 Å². The molecule has 0 saturated carbocycles. The molecule has 1 aromatic heterocycles. The lowest BCUT2D eigenvalue weighted by molar-refractivity contribution is -0.148. The number of aromatic nitrogens is 1. The van der Waals surface area contributed by atoms with Crippen LogP contribution in [-0.4, -0.2) is 52.8 Å². The fourth-order valence-corrected chi connectivity index (χ4v) is 3.59. The van der Waals surface area contributed by atoms with Crippen LogP contribution in [0.3, 0.4) is 0 Å². The SMILES string of the molecule is CCOC(=O)[C@H]1C[C@@H](Oc2nccc3ccc(Br)cc23)CN1C(=O)OC(C)(C)C. The van der Waals surface area contributed by atoms with Gasteiger partial charge in [-0.1, -0.05) is 22.0 Å². The van der Waals surface area contributed by atoms with E-state index in [0.717, 1.165) is 15.2 Å². The zero-order valence-electron chi connectivity index (χ0n) is 17.0. The van der Waals surface area contributed by atoms with E-state index < -0.39 is 29.8 Å². The zero-order valence-corrected chi connectivity index (χ0v) is 18.6. The maximum Gasteiger partial charge on any atom is 0.411 e. The van der Waals surface area contributed by atoms with Gasteiger partial charge in [-0.25, -0.2) is 14.6 Å². The van der Waals surface area contributed by atoms with Gasteiger partial charge in [0.05, 0.1) is 13.2 Å². The molecular weight excluding hydrogens is 440 g/mol. The Morgan fingerprint density at radius 3 is 2.72 bits per heavy atom. The number of ether oxygens (including phenoxy) is 3. The van der Waals surface area contributed by atoms with Crippen molar-refractivity contribution in [2.75, 3.05) is 13.2 Å². The van der Waals surface area contributed by atoms with Crippen molar-refractivity contribution in [3.8, 4) is 5.88 Å². The zero-order chi connectivity index (χ0) is 21.2. The van der Waals surface area contributed by atoms with E-state index in [1.54, 1.807) is 33.9 Å². The highest BCUT2D eigenvalue weighted by Gasteiger charge is 2.43. The molecule has 0 radical (unpaired) electrons.